The third kappa shape index (κ3) is 4.14. The van der Waals surface area contributed by atoms with Crippen molar-refractivity contribution < 1.29 is 14.4 Å². The van der Waals surface area contributed by atoms with Crippen LogP contribution in [0.2, 0.25) is 0 Å². The highest BCUT2D eigenvalue weighted by atomic mass is 16.5. The SMILES string of the molecule is C=CCN(CCO)Cc1cc(COC)on1. The van der Waals surface area contributed by atoms with Gasteiger partial charge >= 0.3 is 0 Å². The van der Waals surface area contributed by atoms with Crippen LogP contribution in [0, 0.1) is 0 Å². The number of ether oxygens (including phenoxy) is 1. The van der Waals surface area contributed by atoms with Gasteiger partial charge in [-0.1, -0.05) is 11.2 Å². The zero-order valence-corrected chi connectivity index (χ0v) is 9.56. The Morgan fingerprint density at radius 1 is 1.69 bits per heavy atom. The summed E-state index contributed by atoms with van der Waals surface area (Å²) in [6.45, 7) is 6.17. The quantitative estimate of drug-likeness (QED) is 0.664. The summed E-state index contributed by atoms with van der Waals surface area (Å²) in [6, 6.07) is 1.86. The first-order chi connectivity index (χ1) is 7.80. The van der Waals surface area contributed by atoms with Crippen molar-refractivity contribution in [1.82, 2.24) is 10.1 Å². The Balaban J connectivity index is 2.51. The number of hydrogen-bond donors (Lipinski definition) is 1. The number of aromatic nitrogens is 1. The molecule has 0 atom stereocenters. The van der Waals surface area contributed by atoms with Gasteiger partial charge in [-0.25, -0.2) is 0 Å². The van der Waals surface area contributed by atoms with E-state index < -0.39 is 0 Å². The topological polar surface area (TPSA) is 58.7 Å². The monoisotopic (exact) mass is 226 g/mol. The van der Waals surface area contributed by atoms with Gasteiger partial charge in [0.05, 0.1) is 12.3 Å². The number of methoxy groups -OCH3 is 1. The molecule has 0 aromatic carbocycles. The van der Waals surface area contributed by atoms with Crippen LogP contribution in [-0.4, -0.2) is 42.0 Å². The first-order valence-corrected chi connectivity index (χ1v) is 5.17. The fraction of sp³-hybridized carbons (Fsp3) is 0.545. The molecule has 1 aromatic heterocycles. The standard InChI is InChI=1S/C11H18N2O3/c1-3-4-13(5-6-14)8-10-7-11(9-15-2)16-12-10/h3,7,14H,1,4-6,8-9H2,2H3. The molecule has 0 saturated carbocycles. The van der Waals surface area contributed by atoms with Crippen molar-refractivity contribution >= 4 is 0 Å². The van der Waals surface area contributed by atoms with Crippen LogP contribution in [0.1, 0.15) is 11.5 Å². The summed E-state index contributed by atoms with van der Waals surface area (Å²) in [4.78, 5) is 2.03. The van der Waals surface area contributed by atoms with Gasteiger partial charge in [-0.3, -0.25) is 4.90 Å². The highest BCUT2D eigenvalue weighted by Crippen LogP contribution is 2.07. The Morgan fingerprint density at radius 3 is 3.12 bits per heavy atom. The smallest absolute Gasteiger partial charge is 0.162 e. The minimum atomic E-state index is 0.122. The molecule has 0 aliphatic heterocycles. The summed E-state index contributed by atoms with van der Waals surface area (Å²) in [5, 5.41) is 12.8. The lowest BCUT2D eigenvalue weighted by molar-refractivity contribution is 0.155. The molecule has 0 radical (unpaired) electrons. The Bertz CT molecular complexity index is 312. The molecule has 0 aliphatic rings. The molecule has 5 nitrogen and oxygen atoms in total. The molecule has 1 heterocycles. The molecule has 0 aliphatic carbocycles. The molecule has 1 rings (SSSR count). The maximum Gasteiger partial charge on any atom is 0.162 e. The molecular weight excluding hydrogens is 208 g/mol. The third-order valence-corrected chi connectivity index (χ3v) is 2.08. The highest BCUT2D eigenvalue weighted by molar-refractivity contribution is 5.04. The summed E-state index contributed by atoms with van der Waals surface area (Å²) in [6.07, 6.45) is 1.80. The Kier molecular flexibility index (Phi) is 5.77. The van der Waals surface area contributed by atoms with E-state index in [-0.39, 0.29) is 6.61 Å². The molecule has 90 valence electrons. The zero-order chi connectivity index (χ0) is 11.8. The number of aliphatic hydroxyl groups is 1. The average Bonchev–Trinajstić information content (AvgIpc) is 2.67. The molecular formula is C11H18N2O3. The zero-order valence-electron chi connectivity index (χ0n) is 9.56. The summed E-state index contributed by atoms with van der Waals surface area (Å²) in [7, 11) is 1.61. The molecule has 1 N–H and O–H groups in total. The van der Waals surface area contributed by atoms with Crippen molar-refractivity contribution in [1.29, 1.82) is 0 Å². The van der Waals surface area contributed by atoms with Gasteiger partial charge in [0.2, 0.25) is 0 Å². The summed E-state index contributed by atoms with van der Waals surface area (Å²) in [5.41, 5.74) is 0.836. The molecule has 0 bridgehead atoms. The van der Waals surface area contributed by atoms with Crippen molar-refractivity contribution in [2.45, 2.75) is 13.2 Å². The number of hydrogen-bond acceptors (Lipinski definition) is 5. The van der Waals surface area contributed by atoms with Crippen LogP contribution in [0.25, 0.3) is 0 Å². The van der Waals surface area contributed by atoms with Crippen LogP contribution in [-0.2, 0) is 17.9 Å². The lowest BCUT2D eigenvalue weighted by Crippen LogP contribution is -2.26. The predicted molar refractivity (Wildman–Crippen MR) is 59.8 cm³/mol. The van der Waals surface area contributed by atoms with E-state index >= 15 is 0 Å². The van der Waals surface area contributed by atoms with E-state index in [4.69, 9.17) is 14.4 Å². The van der Waals surface area contributed by atoms with E-state index in [9.17, 15) is 0 Å². The van der Waals surface area contributed by atoms with Gasteiger partial charge in [0.1, 0.15) is 6.61 Å². The molecule has 0 fully saturated rings. The molecule has 0 amide bonds. The second kappa shape index (κ2) is 7.16. The fourth-order valence-electron chi connectivity index (χ4n) is 1.43. The number of nitrogens with zero attached hydrogens (tertiary/aromatic N) is 2. The van der Waals surface area contributed by atoms with Crippen molar-refractivity contribution in [3.63, 3.8) is 0 Å². The maximum absolute atomic E-state index is 8.89. The highest BCUT2D eigenvalue weighted by Gasteiger charge is 2.08. The van der Waals surface area contributed by atoms with E-state index in [1.54, 1.807) is 13.2 Å². The maximum atomic E-state index is 8.89. The van der Waals surface area contributed by atoms with Gasteiger partial charge < -0.3 is 14.4 Å². The Hall–Kier alpha value is -1.17. The third-order valence-electron chi connectivity index (χ3n) is 2.08. The van der Waals surface area contributed by atoms with Crippen molar-refractivity contribution in [2.75, 3.05) is 26.8 Å². The van der Waals surface area contributed by atoms with Crippen molar-refractivity contribution in [3.8, 4) is 0 Å². The van der Waals surface area contributed by atoms with E-state index in [0.717, 1.165) is 5.69 Å². The molecule has 0 spiro atoms. The van der Waals surface area contributed by atoms with Crippen LogP contribution in [0.5, 0.6) is 0 Å². The second-order valence-electron chi connectivity index (χ2n) is 3.46. The number of aliphatic hydroxyl groups excluding tert-OH is 1. The van der Waals surface area contributed by atoms with Crippen molar-refractivity contribution in [2.24, 2.45) is 0 Å². The Labute approximate surface area is 95.3 Å². The predicted octanol–water partition coefficient (Wildman–Crippen LogP) is 0.801. The van der Waals surface area contributed by atoms with E-state index in [2.05, 4.69) is 11.7 Å². The first-order valence-electron chi connectivity index (χ1n) is 5.17. The van der Waals surface area contributed by atoms with E-state index in [0.29, 0.717) is 32.0 Å². The van der Waals surface area contributed by atoms with Gasteiger partial charge in [0.15, 0.2) is 5.76 Å². The summed E-state index contributed by atoms with van der Waals surface area (Å²) in [5.74, 6) is 0.708. The minimum Gasteiger partial charge on any atom is -0.395 e. The molecule has 0 saturated heterocycles. The van der Waals surface area contributed by atoms with Gasteiger partial charge in [0, 0.05) is 32.8 Å². The van der Waals surface area contributed by atoms with Crippen LogP contribution in [0.15, 0.2) is 23.2 Å². The lowest BCUT2D eigenvalue weighted by Gasteiger charge is -2.17. The Morgan fingerprint density at radius 2 is 2.50 bits per heavy atom. The fourth-order valence-corrected chi connectivity index (χ4v) is 1.43. The number of rotatable bonds is 8. The lowest BCUT2D eigenvalue weighted by atomic mass is 10.3. The van der Waals surface area contributed by atoms with Gasteiger partial charge in [0.25, 0.3) is 0 Å². The van der Waals surface area contributed by atoms with Crippen LogP contribution >= 0.6 is 0 Å². The van der Waals surface area contributed by atoms with Gasteiger partial charge in [-0.2, -0.15) is 0 Å². The van der Waals surface area contributed by atoms with Gasteiger partial charge in [-0.05, 0) is 0 Å². The summed E-state index contributed by atoms with van der Waals surface area (Å²) < 4.78 is 10.0. The molecule has 16 heavy (non-hydrogen) atoms. The van der Waals surface area contributed by atoms with Crippen molar-refractivity contribution in [3.05, 3.63) is 30.2 Å². The molecule has 5 heteroatoms. The normalized spacial score (nSPS) is 10.9. The van der Waals surface area contributed by atoms with Gasteiger partial charge in [-0.15, -0.1) is 6.58 Å². The first kappa shape index (κ1) is 12.9. The van der Waals surface area contributed by atoms with E-state index in [1.807, 2.05) is 11.0 Å². The minimum absolute atomic E-state index is 0.122. The van der Waals surface area contributed by atoms with Crippen LogP contribution in [0.4, 0.5) is 0 Å². The summed E-state index contributed by atoms with van der Waals surface area (Å²) >= 11 is 0. The largest absolute Gasteiger partial charge is 0.395 e. The van der Waals surface area contributed by atoms with Crippen LogP contribution < -0.4 is 0 Å². The van der Waals surface area contributed by atoms with E-state index in [1.165, 1.54) is 0 Å². The van der Waals surface area contributed by atoms with Crippen LogP contribution in [0.3, 0.4) is 0 Å². The molecule has 1 aromatic rings. The molecule has 0 unspecified atom stereocenters. The average molecular weight is 226 g/mol. The second-order valence-corrected chi connectivity index (χ2v) is 3.46.